The minimum Gasteiger partial charge on any atom is -0.423 e. The highest BCUT2D eigenvalue weighted by Crippen LogP contribution is 2.27. The number of anilines is 2. The normalized spacial score (nSPS) is 13.0. The van der Waals surface area contributed by atoms with Crippen molar-refractivity contribution in [2.75, 3.05) is 9.80 Å². The largest absolute Gasteiger partial charge is 0.423 e. The Bertz CT molecular complexity index is 2810. The summed E-state index contributed by atoms with van der Waals surface area (Å²) in [6, 6.07) is 36.7. The predicted molar refractivity (Wildman–Crippen MR) is 221 cm³/mol. The lowest BCUT2D eigenvalue weighted by Crippen LogP contribution is -2.29. The fourth-order valence-corrected chi connectivity index (χ4v) is 6.22. The van der Waals surface area contributed by atoms with Crippen molar-refractivity contribution >= 4 is 58.9 Å². The van der Waals surface area contributed by atoms with Gasteiger partial charge >= 0.3 is 23.9 Å². The van der Waals surface area contributed by atoms with Crippen molar-refractivity contribution in [3.63, 3.8) is 0 Å². The molecule has 0 saturated heterocycles. The second-order valence-electron chi connectivity index (χ2n) is 13.4. The number of hydrogen-bond acceptors (Lipinski definition) is 12. The van der Waals surface area contributed by atoms with Gasteiger partial charge in [-0.05, 0) is 132 Å². The van der Waals surface area contributed by atoms with Crippen LogP contribution in [0.5, 0.6) is 23.0 Å². The highest BCUT2D eigenvalue weighted by Gasteiger charge is 2.26. The molecule has 0 aliphatic carbocycles. The molecule has 62 heavy (non-hydrogen) atoms. The third-order valence-electron chi connectivity index (χ3n) is 9.41. The van der Waals surface area contributed by atoms with Gasteiger partial charge in [-0.3, -0.25) is 19.2 Å². The van der Waals surface area contributed by atoms with Crippen molar-refractivity contribution in [3.8, 4) is 34.1 Å². The standard InChI is InChI=1S/C48H28N2O12/c51-41-25-26-42(52)49(41)35-13-5-32(6-14-35)46(56)61-39-21-9-33(10-22-39)47(57)59-37-17-7-30(8-18-37)29-1-3-31(4-2-29)45(55)60-38-19-11-34(12-20-38)48(58)62-40-23-15-36(16-24-40)50-43(53)27-28-44(50)54/h1-28H. The molecule has 4 amide bonds. The van der Waals surface area contributed by atoms with Crippen molar-refractivity contribution < 1.29 is 57.3 Å². The first-order chi connectivity index (χ1) is 30.0. The second kappa shape index (κ2) is 17.1. The molecule has 2 heterocycles. The minimum atomic E-state index is -0.678. The molecule has 14 nitrogen and oxygen atoms in total. The van der Waals surface area contributed by atoms with Crippen LogP contribution >= 0.6 is 0 Å². The molecule has 0 spiro atoms. The Kier molecular flexibility index (Phi) is 10.9. The maximum absolute atomic E-state index is 12.9. The topological polar surface area (TPSA) is 180 Å². The quantitative estimate of drug-likeness (QED) is 0.0737. The number of imide groups is 2. The molecule has 302 valence electrons. The number of carbonyl (C=O) groups excluding carboxylic acids is 8. The van der Waals surface area contributed by atoms with Gasteiger partial charge in [0.15, 0.2) is 0 Å². The Morgan fingerprint density at radius 3 is 0.806 bits per heavy atom. The SMILES string of the molecule is O=C(Oc1ccc(-c2ccc(C(=O)Oc3ccc(C(=O)Oc4ccc(N5C(=O)C=CC5=O)cc4)cc3)cc2)cc1)c1ccc(OC(=O)c2ccc(N3C(=O)C=CC3=O)cc2)cc1. The van der Waals surface area contributed by atoms with E-state index < -0.39 is 47.5 Å². The van der Waals surface area contributed by atoms with E-state index in [1.54, 1.807) is 48.5 Å². The number of hydrogen-bond donors (Lipinski definition) is 0. The third-order valence-corrected chi connectivity index (χ3v) is 9.41. The van der Waals surface area contributed by atoms with Crippen LogP contribution in [-0.2, 0) is 19.2 Å². The molecule has 8 rings (SSSR count). The van der Waals surface area contributed by atoms with E-state index in [1.807, 2.05) is 0 Å². The molecule has 0 N–H and O–H groups in total. The summed E-state index contributed by atoms with van der Waals surface area (Å²) in [5.74, 6) is -3.60. The number of benzene rings is 6. The molecule has 6 aromatic carbocycles. The first kappa shape index (κ1) is 39.8. The van der Waals surface area contributed by atoms with E-state index in [-0.39, 0.29) is 45.3 Å². The summed E-state index contributed by atoms with van der Waals surface area (Å²) >= 11 is 0. The fraction of sp³-hybridized carbons (Fsp3) is 0. The van der Waals surface area contributed by atoms with Gasteiger partial charge in [-0.1, -0.05) is 24.3 Å². The van der Waals surface area contributed by atoms with Crippen LogP contribution in [0.15, 0.2) is 170 Å². The Morgan fingerprint density at radius 1 is 0.290 bits per heavy atom. The van der Waals surface area contributed by atoms with Crippen molar-refractivity contribution in [3.05, 3.63) is 192 Å². The molecular weight excluding hydrogens is 797 g/mol. The number of nitrogens with zero attached hydrogens (tertiary/aromatic N) is 2. The Morgan fingerprint density at radius 2 is 0.500 bits per heavy atom. The van der Waals surface area contributed by atoms with E-state index in [2.05, 4.69) is 0 Å². The highest BCUT2D eigenvalue weighted by atomic mass is 16.5. The van der Waals surface area contributed by atoms with E-state index >= 15 is 0 Å². The van der Waals surface area contributed by atoms with Gasteiger partial charge in [-0.15, -0.1) is 0 Å². The van der Waals surface area contributed by atoms with Gasteiger partial charge in [0.25, 0.3) is 23.6 Å². The molecule has 0 atom stereocenters. The molecule has 0 radical (unpaired) electrons. The number of esters is 4. The van der Waals surface area contributed by atoms with Gasteiger partial charge in [0.2, 0.25) is 0 Å². The molecule has 0 saturated carbocycles. The Balaban J connectivity index is 0.798. The van der Waals surface area contributed by atoms with Crippen molar-refractivity contribution in [2.24, 2.45) is 0 Å². The maximum atomic E-state index is 12.9. The number of rotatable bonds is 11. The molecular formula is C48H28N2O12. The van der Waals surface area contributed by atoms with Crippen molar-refractivity contribution in [1.82, 2.24) is 0 Å². The molecule has 0 unspecified atom stereocenters. The number of amides is 4. The van der Waals surface area contributed by atoms with Gasteiger partial charge in [0.1, 0.15) is 23.0 Å². The van der Waals surface area contributed by atoms with E-state index in [1.165, 1.54) is 121 Å². The summed E-state index contributed by atoms with van der Waals surface area (Å²) in [5, 5.41) is 0. The lowest BCUT2D eigenvalue weighted by Gasteiger charge is -2.14. The van der Waals surface area contributed by atoms with Crippen LogP contribution in [0.2, 0.25) is 0 Å². The molecule has 2 aliphatic rings. The van der Waals surface area contributed by atoms with Gasteiger partial charge in [-0.2, -0.15) is 0 Å². The average molecular weight is 825 g/mol. The van der Waals surface area contributed by atoms with Crippen molar-refractivity contribution in [2.45, 2.75) is 0 Å². The third kappa shape index (κ3) is 8.69. The average Bonchev–Trinajstić information content (AvgIpc) is 3.82. The lowest BCUT2D eigenvalue weighted by molar-refractivity contribution is -0.121. The first-order valence-electron chi connectivity index (χ1n) is 18.6. The van der Waals surface area contributed by atoms with Gasteiger partial charge in [0.05, 0.1) is 33.6 Å². The van der Waals surface area contributed by atoms with Crippen LogP contribution in [-0.4, -0.2) is 47.5 Å². The van der Waals surface area contributed by atoms with Crippen LogP contribution in [0.3, 0.4) is 0 Å². The summed E-state index contributed by atoms with van der Waals surface area (Å²) in [6.07, 6.45) is 4.68. The Labute approximate surface area is 351 Å². The summed E-state index contributed by atoms with van der Waals surface area (Å²) in [7, 11) is 0. The zero-order valence-corrected chi connectivity index (χ0v) is 32.0. The molecule has 0 aromatic heterocycles. The fourth-order valence-electron chi connectivity index (χ4n) is 6.22. The smallest absolute Gasteiger partial charge is 0.343 e. The Hall–Kier alpha value is -9.04. The monoisotopic (exact) mass is 824 g/mol. The zero-order valence-electron chi connectivity index (χ0n) is 32.0. The summed E-state index contributed by atoms with van der Waals surface area (Å²) in [4.78, 5) is 101. The minimum absolute atomic E-state index is 0.181. The summed E-state index contributed by atoms with van der Waals surface area (Å²) in [5.41, 5.74) is 3.10. The summed E-state index contributed by atoms with van der Waals surface area (Å²) < 4.78 is 21.8. The first-order valence-corrected chi connectivity index (χ1v) is 18.6. The molecule has 2 aliphatic heterocycles. The van der Waals surface area contributed by atoms with Crippen LogP contribution in [0.1, 0.15) is 41.4 Å². The van der Waals surface area contributed by atoms with E-state index in [9.17, 15) is 38.4 Å². The summed E-state index contributed by atoms with van der Waals surface area (Å²) in [6.45, 7) is 0. The van der Waals surface area contributed by atoms with E-state index in [0.717, 1.165) is 20.9 Å². The van der Waals surface area contributed by atoms with Crippen LogP contribution in [0, 0.1) is 0 Å². The predicted octanol–water partition coefficient (Wildman–Crippen LogP) is 7.09. The molecule has 14 heteroatoms. The molecule has 0 bridgehead atoms. The van der Waals surface area contributed by atoms with Gasteiger partial charge in [0, 0.05) is 24.3 Å². The zero-order chi connectivity index (χ0) is 43.3. The lowest BCUT2D eigenvalue weighted by atomic mass is 10.0. The maximum Gasteiger partial charge on any atom is 0.343 e. The number of carbonyl (C=O) groups is 8. The van der Waals surface area contributed by atoms with Crippen LogP contribution in [0.4, 0.5) is 11.4 Å². The van der Waals surface area contributed by atoms with Gasteiger partial charge in [-0.25, -0.2) is 29.0 Å². The number of ether oxygens (including phenoxy) is 4. The second-order valence-corrected chi connectivity index (χ2v) is 13.4. The molecule has 6 aromatic rings. The molecule has 0 fully saturated rings. The van der Waals surface area contributed by atoms with Crippen LogP contribution < -0.4 is 28.7 Å². The van der Waals surface area contributed by atoms with Crippen LogP contribution in [0.25, 0.3) is 11.1 Å². The van der Waals surface area contributed by atoms with E-state index in [4.69, 9.17) is 18.9 Å². The highest BCUT2D eigenvalue weighted by molar-refractivity contribution is 6.28. The van der Waals surface area contributed by atoms with Gasteiger partial charge < -0.3 is 18.9 Å². The van der Waals surface area contributed by atoms with Crippen molar-refractivity contribution in [1.29, 1.82) is 0 Å². The van der Waals surface area contributed by atoms with E-state index in [0.29, 0.717) is 11.4 Å².